The van der Waals surface area contributed by atoms with Crippen molar-refractivity contribution in [1.82, 2.24) is 9.88 Å². The Morgan fingerprint density at radius 1 is 1.44 bits per heavy atom. The Kier molecular flexibility index (Phi) is 5.89. The van der Waals surface area contributed by atoms with Crippen LogP contribution in [0.3, 0.4) is 0 Å². The van der Waals surface area contributed by atoms with Gasteiger partial charge >= 0.3 is 0 Å². The number of aromatic amines is 1. The molecule has 0 amide bonds. The van der Waals surface area contributed by atoms with Gasteiger partial charge in [0.1, 0.15) is 0 Å². The molecule has 0 saturated heterocycles. The highest BCUT2D eigenvalue weighted by Gasteiger charge is 2.11. The van der Waals surface area contributed by atoms with Gasteiger partial charge in [-0.25, -0.2) is 0 Å². The number of rotatable bonds is 7. The average molecular weight is 248 g/mol. The number of hydrogen-bond donors (Lipinski definition) is 1. The molecular weight excluding hydrogens is 224 g/mol. The topological polar surface area (TPSA) is 28.3 Å². The van der Waals surface area contributed by atoms with Gasteiger partial charge in [0.15, 0.2) is 0 Å². The van der Waals surface area contributed by atoms with Crippen LogP contribution in [0.15, 0.2) is 12.7 Å². The van der Waals surface area contributed by atoms with E-state index in [-0.39, 0.29) is 0 Å². The fourth-order valence-corrected chi connectivity index (χ4v) is 1.98. The Morgan fingerprint density at radius 2 is 2.17 bits per heavy atom. The lowest BCUT2D eigenvalue weighted by Crippen LogP contribution is -2.22. The molecule has 0 unspecified atom stereocenters. The summed E-state index contributed by atoms with van der Waals surface area (Å²) < 4.78 is 5.09. The molecule has 1 aromatic heterocycles. The van der Waals surface area contributed by atoms with E-state index in [2.05, 4.69) is 42.6 Å². The van der Waals surface area contributed by atoms with Gasteiger partial charge in [-0.2, -0.15) is 0 Å². The minimum atomic E-state index is 0.756. The second-order valence-corrected chi connectivity index (χ2v) is 4.49. The summed E-state index contributed by atoms with van der Waals surface area (Å²) in [6, 6.07) is 0. The van der Waals surface area contributed by atoms with Gasteiger partial charge in [0, 0.05) is 37.2 Å². The fraction of sp³-hybridized carbons (Fsp3) is 0.467. The van der Waals surface area contributed by atoms with Crippen molar-refractivity contribution in [2.45, 2.75) is 20.4 Å². The van der Waals surface area contributed by atoms with Crippen LogP contribution in [0.1, 0.15) is 29.4 Å². The lowest BCUT2D eigenvalue weighted by molar-refractivity contribution is 0.158. The predicted octanol–water partition coefficient (Wildman–Crippen LogP) is 3.08. The first-order chi connectivity index (χ1) is 8.63. The summed E-state index contributed by atoms with van der Waals surface area (Å²) in [7, 11) is 3.83. The molecule has 0 fully saturated rings. The molecule has 0 aromatic carbocycles. The summed E-state index contributed by atoms with van der Waals surface area (Å²) in [5, 5.41) is 0. The number of H-pyrrole nitrogens is 1. The van der Waals surface area contributed by atoms with Gasteiger partial charge in [-0.3, -0.25) is 4.90 Å². The molecule has 1 heterocycles. The monoisotopic (exact) mass is 248 g/mol. The molecule has 0 aliphatic rings. The van der Waals surface area contributed by atoms with Gasteiger partial charge in [-0.05, 0) is 32.5 Å². The number of nitrogens with zero attached hydrogens (tertiary/aromatic N) is 1. The normalized spacial score (nSPS) is 11.6. The van der Waals surface area contributed by atoms with Crippen molar-refractivity contribution in [3.8, 4) is 0 Å². The van der Waals surface area contributed by atoms with E-state index in [0.29, 0.717) is 0 Å². The molecule has 1 N–H and O–H groups in total. The summed E-state index contributed by atoms with van der Waals surface area (Å²) >= 11 is 0. The molecular formula is C15H24N2O. The Morgan fingerprint density at radius 3 is 2.72 bits per heavy atom. The highest BCUT2D eigenvalue weighted by molar-refractivity contribution is 5.66. The van der Waals surface area contributed by atoms with Gasteiger partial charge in [0.05, 0.1) is 6.61 Å². The number of hydrogen-bond acceptors (Lipinski definition) is 2. The molecule has 18 heavy (non-hydrogen) atoms. The highest BCUT2D eigenvalue weighted by Crippen LogP contribution is 2.21. The molecule has 1 aromatic rings. The van der Waals surface area contributed by atoms with Crippen LogP contribution < -0.4 is 0 Å². The third-order valence-electron chi connectivity index (χ3n) is 3.08. The Labute approximate surface area is 110 Å². The van der Waals surface area contributed by atoms with E-state index in [1.807, 2.05) is 13.0 Å². The zero-order chi connectivity index (χ0) is 13.5. The maximum atomic E-state index is 5.09. The first-order valence-corrected chi connectivity index (χ1v) is 6.28. The van der Waals surface area contributed by atoms with Gasteiger partial charge in [-0.1, -0.05) is 18.7 Å². The predicted molar refractivity (Wildman–Crippen MR) is 78.5 cm³/mol. The largest absolute Gasteiger partial charge is 0.383 e. The van der Waals surface area contributed by atoms with Crippen molar-refractivity contribution in [2.24, 2.45) is 0 Å². The number of methoxy groups -OCH3 is 1. The van der Waals surface area contributed by atoms with Crippen LogP contribution >= 0.6 is 0 Å². The van der Waals surface area contributed by atoms with Crippen LogP contribution in [0.5, 0.6) is 0 Å². The third kappa shape index (κ3) is 3.59. The van der Waals surface area contributed by atoms with Crippen molar-refractivity contribution in [1.29, 1.82) is 0 Å². The average Bonchev–Trinajstić information content (AvgIpc) is 2.65. The zero-order valence-corrected chi connectivity index (χ0v) is 11.9. The molecule has 0 aliphatic heterocycles. The lowest BCUT2D eigenvalue weighted by atomic mass is 10.1. The summed E-state index contributed by atoms with van der Waals surface area (Å²) in [5.41, 5.74) is 4.88. The van der Waals surface area contributed by atoms with Crippen LogP contribution in [0.2, 0.25) is 0 Å². The van der Waals surface area contributed by atoms with E-state index in [4.69, 9.17) is 4.74 Å². The maximum absolute atomic E-state index is 5.09. The minimum Gasteiger partial charge on any atom is -0.383 e. The van der Waals surface area contributed by atoms with Crippen LogP contribution in [-0.4, -0.2) is 37.2 Å². The van der Waals surface area contributed by atoms with E-state index in [9.17, 15) is 0 Å². The molecule has 0 atom stereocenters. The Balaban J connectivity index is 2.86. The van der Waals surface area contributed by atoms with Crippen molar-refractivity contribution < 1.29 is 4.74 Å². The Bertz CT molecular complexity index is 418. The third-order valence-corrected chi connectivity index (χ3v) is 3.08. The smallest absolute Gasteiger partial charge is 0.0589 e. The fourth-order valence-electron chi connectivity index (χ4n) is 1.98. The number of likely N-dealkylation sites (N-methyl/N-ethyl adjacent to an activating group) is 1. The van der Waals surface area contributed by atoms with Crippen LogP contribution in [0, 0.1) is 6.92 Å². The van der Waals surface area contributed by atoms with Crippen LogP contribution in [0.4, 0.5) is 0 Å². The van der Waals surface area contributed by atoms with Crippen molar-refractivity contribution in [3.05, 3.63) is 35.2 Å². The van der Waals surface area contributed by atoms with Crippen LogP contribution in [-0.2, 0) is 11.3 Å². The second-order valence-electron chi connectivity index (χ2n) is 4.49. The molecule has 0 saturated carbocycles. The van der Waals surface area contributed by atoms with Gasteiger partial charge in [0.25, 0.3) is 0 Å². The quantitative estimate of drug-likeness (QED) is 0.803. The zero-order valence-electron chi connectivity index (χ0n) is 11.9. The standard InChI is InChI=1S/C15H24N2O/c1-6-8-13-12(3)15(16-14(13)7-2)11-17(4)9-10-18-5/h6-8,16H,2,9-11H2,1,3-5H3/b8-6-. The van der Waals surface area contributed by atoms with E-state index >= 15 is 0 Å². The van der Waals surface area contributed by atoms with E-state index in [1.165, 1.54) is 16.8 Å². The molecule has 1 rings (SSSR count). The summed E-state index contributed by atoms with van der Waals surface area (Å²) in [6.45, 7) is 10.6. The Hall–Kier alpha value is -1.32. The van der Waals surface area contributed by atoms with E-state index in [1.54, 1.807) is 7.11 Å². The number of allylic oxidation sites excluding steroid dienone is 1. The molecule has 0 radical (unpaired) electrons. The summed E-state index contributed by atoms with van der Waals surface area (Å²) in [5.74, 6) is 0. The molecule has 3 nitrogen and oxygen atoms in total. The van der Waals surface area contributed by atoms with Gasteiger partial charge in [0.2, 0.25) is 0 Å². The molecule has 0 bridgehead atoms. The molecule has 100 valence electrons. The molecule has 0 aliphatic carbocycles. The lowest BCUT2D eigenvalue weighted by Gasteiger charge is -2.15. The van der Waals surface area contributed by atoms with Crippen LogP contribution in [0.25, 0.3) is 12.2 Å². The number of ether oxygens (including phenoxy) is 1. The molecule has 0 spiro atoms. The summed E-state index contributed by atoms with van der Waals surface area (Å²) in [6.07, 6.45) is 6.06. The first-order valence-electron chi connectivity index (χ1n) is 6.28. The van der Waals surface area contributed by atoms with Crippen molar-refractivity contribution in [3.63, 3.8) is 0 Å². The number of aromatic nitrogens is 1. The highest BCUT2D eigenvalue weighted by atomic mass is 16.5. The van der Waals surface area contributed by atoms with E-state index in [0.717, 1.165) is 25.4 Å². The van der Waals surface area contributed by atoms with Gasteiger partial charge < -0.3 is 9.72 Å². The SMILES string of the molecule is C=Cc1[nH]c(CN(C)CCOC)c(C)c1/C=C\C. The second kappa shape index (κ2) is 7.19. The van der Waals surface area contributed by atoms with Crippen molar-refractivity contribution in [2.75, 3.05) is 27.3 Å². The minimum absolute atomic E-state index is 0.756. The van der Waals surface area contributed by atoms with Crippen molar-refractivity contribution >= 4 is 12.2 Å². The first kappa shape index (κ1) is 14.7. The maximum Gasteiger partial charge on any atom is 0.0589 e. The van der Waals surface area contributed by atoms with Gasteiger partial charge in [-0.15, -0.1) is 0 Å². The summed E-state index contributed by atoms with van der Waals surface area (Å²) in [4.78, 5) is 5.68. The molecule has 3 heteroatoms. The number of nitrogens with one attached hydrogen (secondary N) is 1. The van der Waals surface area contributed by atoms with E-state index < -0.39 is 0 Å².